The number of piperidine rings is 1. The molecule has 1 aliphatic rings. The number of aliphatic hydroxyl groups is 1. The maximum atomic E-state index is 10.5. The topological polar surface area (TPSA) is 45.1 Å². The monoisotopic (exact) mass is 192 g/mol. The van der Waals surface area contributed by atoms with Gasteiger partial charge in [0, 0.05) is 30.4 Å². The van der Waals surface area contributed by atoms with Gasteiger partial charge < -0.3 is 10.4 Å². The third kappa shape index (κ3) is 1.53. The van der Waals surface area contributed by atoms with Crippen molar-refractivity contribution in [1.29, 1.82) is 0 Å². The average molecular weight is 192 g/mol. The van der Waals surface area contributed by atoms with E-state index in [1.807, 2.05) is 12.1 Å². The summed E-state index contributed by atoms with van der Waals surface area (Å²) in [7, 11) is 0. The van der Waals surface area contributed by atoms with Crippen LogP contribution in [0, 0.1) is 5.92 Å². The number of rotatable bonds is 1. The normalized spacial score (nSPS) is 32.9. The number of hydrogen-bond acceptors (Lipinski definition) is 3. The minimum absolute atomic E-state index is 0.237. The zero-order valence-corrected chi connectivity index (χ0v) is 8.40. The predicted molar refractivity (Wildman–Crippen MR) is 54.8 cm³/mol. The van der Waals surface area contributed by atoms with E-state index < -0.39 is 5.60 Å². The van der Waals surface area contributed by atoms with Crippen LogP contribution in [0.15, 0.2) is 24.5 Å². The van der Waals surface area contributed by atoms with E-state index in [-0.39, 0.29) is 5.92 Å². The highest BCUT2D eigenvalue weighted by Crippen LogP contribution is 2.34. The summed E-state index contributed by atoms with van der Waals surface area (Å²) in [5.74, 6) is 0.237. The van der Waals surface area contributed by atoms with Gasteiger partial charge in [-0.3, -0.25) is 4.98 Å². The molecule has 0 saturated carbocycles. The quantitative estimate of drug-likeness (QED) is 0.695. The first-order chi connectivity index (χ1) is 6.73. The van der Waals surface area contributed by atoms with Crippen molar-refractivity contribution >= 4 is 0 Å². The van der Waals surface area contributed by atoms with Crippen LogP contribution < -0.4 is 5.32 Å². The largest absolute Gasteiger partial charge is 0.385 e. The van der Waals surface area contributed by atoms with Gasteiger partial charge in [0.05, 0.1) is 5.60 Å². The molecule has 0 aliphatic carbocycles. The molecule has 0 spiro atoms. The molecule has 1 aromatic heterocycles. The molecule has 1 saturated heterocycles. The van der Waals surface area contributed by atoms with Gasteiger partial charge in [-0.05, 0) is 19.0 Å². The molecule has 2 atom stereocenters. The van der Waals surface area contributed by atoms with Gasteiger partial charge in [-0.1, -0.05) is 13.0 Å². The molecule has 1 fully saturated rings. The Morgan fingerprint density at radius 3 is 3.14 bits per heavy atom. The Balaban J connectivity index is 2.30. The van der Waals surface area contributed by atoms with E-state index in [1.54, 1.807) is 12.4 Å². The smallest absolute Gasteiger partial charge is 0.0960 e. The second-order valence-electron chi connectivity index (χ2n) is 4.02. The van der Waals surface area contributed by atoms with Crippen LogP contribution in [-0.4, -0.2) is 23.2 Å². The van der Waals surface area contributed by atoms with Crippen molar-refractivity contribution in [3.63, 3.8) is 0 Å². The molecule has 1 aliphatic heterocycles. The first-order valence-electron chi connectivity index (χ1n) is 5.07. The summed E-state index contributed by atoms with van der Waals surface area (Å²) in [5, 5.41) is 13.8. The molecule has 2 rings (SSSR count). The van der Waals surface area contributed by atoms with Gasteiger partial charge in [0.2, 0.25) is 0 Å². The summed E-state index contributed by atoms with van der Waals surface area (Å²) >= 11 is 0. The van der Waals surface area contributed by atoms with Crippen molar-refractivity contribution in [2.24, 2.45) is 5.92 Å². The van der Waals surface area contributed by atoms with Crippen LogP contribution in [0.3, 0.4) is 0 Å². The lowest BCUT2D eigenvalue weighted by molar-refractivity contribution is -0.0394. The van der Waals surface area contributed by atoms with E-state index in [0.29, 0.717) is 0 Å². The van der Waals surface area contributed by atoms with Crippen LogP contribution >= 0.6 is 0 Å². The molecule has 2 heterocycles. The minimum atomic E-state index is -0.695. The van der Waals surface area contributed by atoms with Crippen LogP contribution in [0.5, 0.6) is 0 Å². The van der Waals surface area contributed by atoms with Crippen LogP contribution in [0.2, 0.25) is 0 Å². The zero-order chi connectivity index (χ0) is 10.0. The first kappa shape index (κ1) is 9.62. The third-order valence-corrected chi connectivity index (χ3v) is 3.11. The number of nitrogens with one attached hydrogen (secondary N) is 1. The van der Waals surface area contributed by atoms with Gasteiger partial charge in [0.15, 0.2) is 0 Å². The molecular formula is C11H16N2O. The summed E-state index contributed by atoms with van der Waals surface area (Å²) < 4.78 is 0. The lowest BCUT2D eigenvalue weighted by atomic mass is 9.78. The van der Waals surface area contributed by atoms with Gasteiger partial charge in [0.25, 0.3) is 0 Å². The van der Waals surface area contributed by atoms with Crippen molar-refractivity contribution in [3.8, 4) is 0 Å². The third-order valence-electron chi connectivity index (χ3n) is 3.11. The number of pyridine rings is 1. The fourth-order valence-electron chi connectivity index (χ4n) is 2.06. The summed E-state index contributed by atoms with van der Waals surface area (Å²) in [5.41, 5.74) is 0.244. The van der Waals surface area contributed by atoms with Gasteiger partial charge in [-0.25, -0.2) is 0 Å². The number of aromatic nitrogens is 1. The molecule has 0 amide bonds. The molecule has 3 heteroatoms. The summed E-state index contributed by atoms with van der Waals surface area (Å²) in [6.45, 7) is 3.81. The second-order valence-corrected chi connectivity index (χ2v) is 4.02. The Morgan fingerprint density at radius 1 is 1.64 bits per heavy atom. The maximum Gasteiger partial charge on any atom is 0.0960 e. The zero-order valence-electron chi connectivity index (χ0n) is 8.40. The van der Waals surface area contributed by atoms with Crippen LogP contribution in [0.4, 0.5) is 0 Å². The Bertz CT molecular complexity index is 301. The van der Waals surface area contributed by atoms with Gasteiger partial charge in [-0.15, -0.1) is 0 Å². The molecule has 0 aromatic carbocycles. The lowest BCUT2D eigenvalue weighted by Gasteiger charge is -2.38. The number of nitrogens with zero attached hydrogens (tertiary/aromatic N) is 1. The molecule has 0 radical (unpaired) electrons. The predicted octanol–water partition coefficient (Wildman–Crippen LogP) is 0.899. The van der Waals surface area contributed by atoms with Crippen molar-refractivity contribution in [2.75, 3.05) is 13.1 Å². The Kier molecular flexibility index (Phi) is 2.52. The molecule has 76 valence electrons. The summed E-state index contributed by atoms with van der Waals surface area (Å²) in [4.78, 5) is 4.06. The van der Waals surface area contributed by atoms with Crippen molar-refractivity contribution in [1.82, 2.24) is 10.3 Å². The highest BCUT2D eigenvalue weighted by Gasteiger charge is 2.37. The Labute approximate surface area is 84.2 Å². The van der Waals surface area contributed by atoms with E-state index in [4.69, 9.17) is 0 Å². The molecule has 3 nitrogen and oxygen atoms in total. The van der Waals surface area contributed by atoms with E-state index in [1.165, 1.54) is 0 Å². The first-order valence-corrected chi connectivity index (χ1v) is 5.07. The molecule has 1 aromatic rings. The van der Waals surface area contributed by atoms with Gasteiger partial charge in [0.1, 0.15) is 0 Å². The van der Waals surface area contributed by atoms with Crippen molar-refractivity contribution in [3.05, 3.63) is 30.1 Å². The van der Waals surface area contributed by atoms with E-state index in [0.717, 1.165) is 25.1 Å². The standard InChI is InChI=1S/C11H16N2O/c1-9-7-13-6-4-11(9,14)10-3-2-5-12-8-10/h2-3,5,8-9,13-14H,4,6-7H2,1H3. The SMILES string of the molecule is CC1CNCCC1(O)c1cccnc1. The van der Waals surface area contributed by atoms with Crippen LogP contribution in [-0.2, 0) is 5.60 Å². The fourth-order valence-corrected chi connectivity index (χ4v) is 2.06. The molecule has 14 heavy (non-hydrogen) atoms. The Hall–Kier alpha value is -0.930. The molecule has 2 unspecified atom stereocenters. The van der Waals surface area contributed by atoms with E-state index in [2.05, 4.69) is 17.2 Å². The lowest BCUT2D eigenvalue weighted by Crippen LogP contribution is -2.46. The molecular weight excluding hydrogens is 176 g/mol. The average Bonchev–Trinajstić information content (AvgIpc) is 2.24. The van der Waals surface area contributed by atoms with Gasteiger partial charge in [-0.2, -0.15) is 0 Å². The van der Waals surface area contributed by atoms with Crippen LogP contribution in [0.1, 0.15) is 18.9 Å². The maximum absolute atomic E-state index is 10.5. The highest BCUT2D eigenvalue weighted by molar-refractivity contribution is 5.20. The molecule has 0 bridgehead atoms. The van der Waals surface area contributed by atoms with Gasteiger partial charge >= 0.3 is 0 Å². The van der Waals surface area contributed by atoms with E-state index in [9.17, 15) is 5.11 Å². The van der Waals surface area contributed by atoms with Crippen molar-refractivity contribution in [2.45, 2.75) is 18.9 Å². The molecule has 2 N–H and O–H groups in total. The minimum Gasteiger partial charge on any atom is -0.385 e. The second kappa shape index (κ2) is 3.67. The van der Waals surface area contributed by atoms with E-state index >= 15 is 0 Å². The Morgan fingerprint density at radius 2 is 2.50 bits per heavy atom. The summed E-state index contributed by atoms with van der Waals surface area (Å²) in [6.07, 6.45) is 4.26. The highest BCUT2D eigenvalue weighted by atomic mass is 16.3. The van der Waals surface area contributed by atoms with Crippen molar-refractivity contribution < 1.29 is 5.11 Å². The fraction of sp³-hybridized carbons (Fsp3) is 0.545. The summed E-state index contributed by atoms with van der Waals surface area (Å²) in [6, 6.07) is 3.83. The number of hydrogen-bond donors (Lipinski definition) is 2. The van der Waals surface area contributed by atoms with Crippen LogP contribution in [0.25, 0.3) is 0 Å².